The Hall–Kier alpha value is -1.18. The van der Waals surface area contributed by atoms with Crippen LogP contribution >= 0.6 is 0 Å². The molecule has 0 spiro atoms. The third-order valence-electron chi connectivity index (χ3n) is 2.50. The molecule has 1 aliphatic rings. The van der Waals surface area contributed by atoms with Crippen LogP contribution in [0.25, 0.3) is 0 Å². The van der Waals surface area contributed by atoms with Crippen LogP contribution in [0.4, 0.5) is 4.39 Å². The highest BCUT2D eigenvalue weighted by molar-refractivity contribution is 5.94. The van der Waals surface area contributed by atoms with Crippen molar-refractivity contribution in [3.05, 3.63) is 35.4 Å². The van der Waals surface area contributed by atoms with Crippen LogP contribution in [-0.2, 0) is 5.67 Å². The molecule has 13 heavy (non-hydrogen) atoms. The molecule has 1 aliphatic carbocycles. The summed E-state index contributed by atoms with van der Waals surface area (Å²) in [6, 6.07) is 6.81. The number of rotatable bonds is 2. The largest absolute Gasteiger partial charge is 0.295 e. The maximum absolute atomic E-state index is 13.5. The predicted molar refractivity (Wildman–Crippen MR) is 48.5 cm³/mol. The molecule has 68 valence electrons. The molecule has 0 atom stereocenters. The van der Waals surface area contributed by atoms with Gasteiger partial charge in [-0.15, -0.1) is 0 Å². The first-order valence-corrected chi connectivity index (χ1v) is 4.42. The lowest BCUT2D eigenvalue weighted by Gasteiger charge is -2.04. The van der Waals surface area contributed by atoms with Crippen molar-refractivity contribution in [3.63, 3.8) is 0 Å². The topological polar surface area (TPSA) is 17.1 Å². The van der Waals surface area contributed by atoms with Gasteiger partial charge in [-0.05, 0) is 25.3 Å². The monoisotopic (exact) mass is 178 g/mol. The summed E-state index contributed by atoms with van der Waals surface area (Å²) in [5, 5.41) is 0. The highest BCUT2D eigenvalue weighted by Gasteiger charge is 2.44. The molecule has 1 aromatic rings. The van der Waals surface area contributed by atoms with Crippen molar-refractivity contribution >= 4 is 5.78 Å². The van der Waals surface area contributed by atoms with E-state index in [0.717, 1.165) is 0 Å². The zero-order chi connectivity index (χ0) is 9.47. The van der Waals surface area contributed by atoms with Gasteiger partial charge in [0.15, 0.2) is 5.78 Å². The van der Waals surface area contributed by atoms with Gasteiger partial charge in [0.1, 0.15) is 5.67 Å². The Kier molecular flexibility index (Phi) is 1.72. The molecule has 1 fully saturated rings. The van der Waals surface area contributed by atoms with E-state index >= 15 is 0 Å². The molecule has 0 radical (unpaired) electrons. The molecule has 0 unspecified atom stereocenters. The predicted octanol–water partition coefficient (Wildman–Crippen LogP) is 2.85. The van der Waals surface area contributed by atoms with E-state index in [4.69, 9.17) is 0 Å². The van der Waals surface area contributed by atoms with E-state index < -0.39 is 5.67 Å². The van der Waals surface area contributed by atoms with Crippen LogP contribution in [0.15, 0.2) is 24.3 Å². The van der Waals surface area contributed by atoms with Crippen LogP contribution in [0.1, 0.15) is 35.7 Å². The number of carbonyl (C=O) groups is 1. The number of carbonyl (C=O) groups excluding carboxylic acids is 1. The third-order valence-corrected chi connectivity index (χ3v) is 2.50. The summed E-state index contributed by atoms with van der Waals surface area (Å²) in [5.74, 6) is 0.0234. The smallest absolute Gasteiger partial charge is 0.159 e. The number of hydrogen-bond acceptors (Lipinski definition) is 1. The standard InChI is InChI=1S/C11H11FO/c1-8(13)9-2-4-10(5-3-9)11(12)6-7-11/h2-5H,6-7H2,1H3. The molecule has 1 nitrogen and oxygen atoms in total. The van der Waals surface area contributed by atoms with E-state index in [1.807, 2.05) is 0 Å². The van der Waals surface area contributed by atoms with Gasteiger partial charge < -0.3 is 0 Å². The maximum Gasteiger partial charge on any atom is 0.159 e. The van der Waals surface area contributed by atoms with Crippen LogP contribution in [0.3, 0.4) is 0 Å². The van der Waals surface area contributed by atoms with E-state index in [-0.39, 0.29) is 5.78 Å². The normalized spacial score (nSPS) is 18.3. The third kappa shape index (κ3) is 1.48. The van der Waals surface area contributed by atoms with Crippen molar-refractivity contribution in [2.45, 2.75) is 25.4 Å². The Bertz CT molecular complexity index is 336. The molecule has 2 heteroatoms. The van der Waals surface area contributed by atoms with E-state index in [2.05, 4.69) is 0 Å². The second-order valence-electron chi connectivity index (χ2n) is 3.60. The highest BCUT2D eigenvalue weighted by Crippen LogP contribution is 2.49. The van der Waals surface area contributed by atoms with E-state index in [0.29, 0.717) is 24.0 Å². The molecular formula is C11H11FO. The van der Waals surface area contributed by atoms with Gasteiger partial charge in [-0.3, -0.25) is 4.79 Å². The molecule has 0 aromatic heterocycles. The van der Waals surface area contributed by atoms with Crippen molar-refractivity contribution in [2.24, 2.45) is 0 Å². The first-order valence-electron chi connectivity index (χ1n) is 4.42. The molecule has 0 saturated heterocycles. The second-order valence-corrected chi connectivity index (χ2v) is 3.60. The van der Waals surface area contributed by atoms with Crippen molar-refractivity contribution in [1.82, 2.24) is 0 Å². The minimum absolute atomic E-state index is 0.0234. The lowest BCUT2D eigenvalue weighted by atomic mass is 10.1. The van der Waals surface area contributed by atoms with Crippen LogP contribution in [0.5, 0.6) is 0 Å². The average Bonchev–Trinajstić information content (AvgIpc) is 2.85. The summed E-state index contributed by atoms with van der Waals surface area (Å²) >= 11 is 0. The molecule has 0 heterocycles. The Labute approximate surface area is 76.6 Å². The summed E-state index contributed by atoms with van der Waals surface area (Å²) in [7, 11) is 0. The highest BCUT2D eigenvalue weighted by atomic mass is 19.1. The lowest BCUT2D eigenvalue weighted by molar-refractivity contribution is 0.101. The zero-order valence-electron chi connectivity index (χ0n) is 7.51. The zero-order valence-corrected chi connectivity index (χ0v) is 7.51. The van der Waals surface area contributed by atoms with Crippen LogP contribution in [0, 0.1) is 0 Å². The van der Waals surface area contributed by atoms with Gasteiger partial charge in [0.05, 0.1) is 0 Å². The van der Waals surface area contributed by atoms with Crippen molar-refractivity contribution in [3.8, 4) is 0 Å². The molecule has 0 amide bonds. The SMILES string of the molecule is CC(=O)c1ccc(C2(F)CC2)cc1. The van der Waals surface area contributed by atoms with E-state index in [9.17, 15) is 9.18 Å². The minimum atomic E-state index is -1.09. The fourth-order valence-corrected chi connectivity index (χ4v) is 1.40. The van der Waals surface area contributed by atoms with Gasteiger partial charge in [0.2, 0.25) is 0 Å². The van der Waals surface area contributed by atoms with Crippen molar-refractivity contribution < 1.29 is 9.18 Å². The van der Waals surface area contributed by atoms with Crippen LogP contribution in [-0.4, -0.2) is 5.78 Å². The van der Waals surface area contributed by atoms with Gasteiger partial charge in [-0.1, -0.05) is 24.3 Å². The first-order chi connectivity index (χ1) is 6.12. The molecule has 0 N–H and O–H groups in total. The number of alkyl halides is 1. The number of benzene rings is 1. The number of Topliss-reactive ketones (excluding diaryl/α,β-unsaturated/α-hetero) is 1. The van der Waals surface area contributed by atoms with Crippen molar-refractivity contribution in [2.75, 3.05) is 0 Å². The van der Waals surface area contributed by atoms with Crippen LogP contribution in [0.2, 0.25) is 0 Å². The summed E-state index contributed by atoms with van der Waals surface area (Å²) in [6.07, 6.45) is 1.23. The summed E-state index contributed by atoms with van der Waals surface area (Å²) in [5.41, 5.74) is 0.264. The molecule has 0 bridgehead atoms. The van der Waals surface area contributed by atoms with Gasteiger partial charge in [-0.25, -0.2) is 4.39 Å². The van der Waals surface area contributed by atoms with Crippen LogP contribution < -0.4 is 0 Å². The molecule has 0 aliphatic heterocycles. The fraction of sp³-hybridized carbons (Fsp3) is 0.364. The van der Waals surface area contributed by atoms with E-state index in [1.54, 1.807) is 24.3 Å². The number of halogens is 1. The Balaban J connectivity index is 2.28. The Morgan fingerprint density at radius 1 is 1.31 bits per heavy atom. The number of hydrogen-bond donors (Lipinski definition) is 0. The van der Waals surface area contributed by atoms with Gasteiger partial charge in [0, 0.05) is 5.56 Å². The fourth-order valence-electron chi connectivity index (χ4n) is 1.40. The van der Waals surface area contributed by atoms with Crippen molar-refractivity contribution in [1.29, 1.82) is 0 Å². The lowest BCUT2D eigenvalue weighted by Crippen LogP contribution is -1.98. The summed E-state index contributed by atoms with van der Waals surface area (Å²) in [4.78, 5) is 10.9. The number of ketones is 1. The summed E-state index contributed by atoms with van der Waals surface area (Å²) in [6.45, 7) is 1.51. The second kappa shape index (κ2) is 2.66. The Morgan fingerprint density at radius 3 is 2.23 bits per heavy atom. The molecule has 1 saturated carbocycles. The average molecular weight is 178 g/mol. The van der Waals surface area contributed by atoms with E-state index in [1.165, 1.54) is 6.92 Å². The van der Waals surface area contributed by atoms with Gasteiger partial charge >= 0.3 is 0 Å². The molecule has 2 rings (SSSR count). The Morgan fingerprint density at radius 2 is 1.85 bits per heavy atom. The maximum atomic E-state index is 13.5. The minimum Gasteiger partial charge on any atom is -0.295 e. The molecular weight excluding hydrogens is 167 g/mol. The van der Waals surface area contributed by atoms with Gasteiger partial charge in [0.25, 0.3) is 0 Å². The first kappa shape index (κ1) is 8.42. The molecule has 1 aromatic carbocycles. The quantitative estimate of drug-likeness (QED) is 0.636. The van der Waals surface area contributed by atoms with Gasteiger partial charge in [-0.2, -0.15) is 0 Å². The summed E-state index contributed by atoms with van der Waals surface area (Å²) < 4.78 is 13.5.